The summed E-state index contributed by atoms with van der Waals surface area (Å²) >= 11 is 11.9. The van der Waals surface area contributed by atoms with E-state index >= 15 is 0 Å². The third kappa shape index (κ3) is 3.44. The zero-order valence-corrected chi connectivity index (χ0v) is 12.1. The summed E-state index contributed by atoms with van der Waals surface area (Å²) < 4.78 is 0. The van der Waals surface area contributed by atoms with Gasteiger partial charge in [0.25, 0.3) is 0 Å². The van der Waals surface area contributed by atoms with E-state index < -0.39 is 0 Å². The van der Waals surface area contributed by atoms with E-state index in [4.69, 9.17) is 28.9 Å². The fourth-order valence-electron chi connectivity index (χ4n) is 2.35. The minimum atomic E-state index is 0.336. The van der Waals surface area contributed by atoms with Crippen molar-refractivity contribution < 1.29 is 0 Å². The van der Waals surface area contributed by atoms with Gasteiger partial charge >= 0.3 is 0 Å². The molecule has 0 spiro atoms. The van der Waals surface area contributed by atoms with Gasteiger partial charge in [0.2, 0.25) is 0 Å². The van der Waals surface area contributed by atoms with Crippen LogP contribution in [0.25, 0.3) is 0 Å². The summed E-state index contributed by atoms with van der Waals surface area (Å²) in [6.07, 6.45) is 2.61. The summed E-state index contributed by atoms with van der Waals surface area (Å²) in [4.78, 5) is 2.46. The Bertz CT molecular complexity index is 417. The summed E-state index contributed by atoms with van der Waals surface area (Å²) in [5, 5.41) is 4.42. The summed E-state index contributed by atoms with van der Waals surface area (Å²) in [6.45, 7) is 5.58. The smallest absolute Gasteiger partial charge is 0.0614 e. The molecule has 1 atom stereocenters. The van der Waals surface area contributed by atoms with Gasteiger partial charge in [0.15, 0.2) is 0 Å². The number of halogens is 2. The molecule has 1 unspecified atom stereocenters. The van der Waals surface area contributed by atoms with Crippen LogP contribution >= 0.6 is 23.2 Å². The van der Waals surface area contributed by atoms with Crippen LogP contribution in [0.4, 0.5) is 11.4 Å². The average Bonchev–Trinajstić information content (AvgIpc) is 2.78. The maximum Gasteiger partial charge on any atom is 0.0614 e. The van der Waals surface area contributed by atoms with Crippen LogP contribution in [0.2, 0.25) is 10.0 Å². The highest BCUT2D eigenvalue weighted by atomic mass is 35.5. The molecule has 0 radical (unpaired) electrons. The fraction of sp³-hybridized carbons (Fsp3) is 0.538. The molecule has 0 saturated carbocycles. The Labute approximate surface area is 118 Å². The standard InChI is InChI=1S/C13H19Cl2N3/c1-9(8-18-4-2-3-5-18)17-13-7-11(15)10(14)6-12(13)16/h6-7,9,17H,2-5,8,16H2,1H3. The monoisotopic (exact) mass is 287 g/mol. The first-order chi connectivity index (χ1) is 8.56. The summed E-state index contributed by atoms with van der Waals surface area (Å²) in [6, 6.07) is 3.82. The van der Waals surface area contributed by atoms with Crippen molar-refractivity contribution in [3.8, 4) is 0 Å². The first kappa shape index (κ1) is 13.8. The zero-order valence-electron chi connectivity index (χ0n) is 10.5. The van der Waals surface area contributed by atoms with Crippen LogP contribution in [0, 0.1) is 0 Å². The molecule has 2 rings (SSSR count). The lowest BCUT2D eigenvalue weighted by atomic mass is 10.2. The number of nitrogens with one attached hydrogen (secondary N) is 1. The number of likely N-dealkylation sites (tertiary alicyclic amines) is 1. The van der Waals surface area contributed by atoms with Crippen molar-refractivity contribution in [1.82, 2.24) is 4.90 Å². The Morgan fingerprint density at radius 2 is 1.89 bits per heavy atom. The van der Waals surface area contributed by atoms with Gasteiger partial charge in [-0.15, -0.1) is 0 Å². The van der Waals surface area contributed by atoms with Gasteiger partial charge in [0, 0.05) is 12.6 Å². The Morgan fingerprint density at radius 3 is 2.56 bits per heavy atom. The second-order valence-electron chi connectivity index (χ2n) is 4.91. The number of hydrogen-bond donors (Lipinski definition) is 2. The number of hydrogen-bond acceptors (Lipinski definition) is 3. The minimum absolute atomic E-state index is 0.336. The van der Waals surface area contributed by atoms with Crippen LogP contribution in [0.1, 0.15) is 19.8 Å². The molecule has 0 aliphatic carbocycles. The number of anilines is 2. The quantitative estimate of drug-likeness (QED) is 0.833. The van der Waals surface area contributed by atoms with E-state index in [0.717, 1.165) is 12.2 Å². The van der Waals surface area contributed by atoms with Crippen molar-refractivity contribution in [3.05, 3.63) is 22.2 Å². The van der Waals surface area contributed by atoms with Crippen molar-refractivity contribution in [2.75, 3.05) is 30.7 Å². The highest BCUT2D eigenvalue weighted by Gasteiger charge is 2.15. The lowest BCUT2D eigenvalue weighted by Gasteiger charge is -2.23. The van der Waals surface area contributed by atoms with Crippen LogP contribution < -0.4 is 11.1 Å². The minimum Gasteiger partial charge on any atom is -0.397 e. The molecule has 100 valence electrons. The Morgan fingerprint density at radius 1 is 1.28 bits per heavy atom. The van der Waals surface area contributed by atoms with E-state index in [2.05, 4.69) is 17.1 Å². The van der Waals surface area contributed by atoms with Crippen molar-refractivity contribution in [3.63, 3.8) is 0 Å². The van der Waals surface area contributed by atoms with Gasteiger partial charge < -0.3 is 16.0 Å². The second-order valence-corrected chi connectivity index (χ2v) is 5.72. The highest BCUT2D eigenvalue weighted by Crippen LogP contribution is 2.31. The normalized spacial score (nSPS) is 17.9. The largest absolute Gasteiger partial charge is 0.397 e. The van der Waals surface area contributed by atoms with E-state index in [1.165, 1.54) is 25.9 Å². The SMILES string of the molecule is CC(CN1CCCC1)Nc1cc(Cl)c(Cl)cc1N. The third-order valence-electron chi connectivity index (χ3n) is 3.23. The van der Waals surface area contributed by atoms with Crippen LogP contribution in [0.3, 0.4) is 0 Å². The van der Waals surface area contributed by atoms with E-state index in [-0.39, 0.29) is 0 Å². The molecule has 1 aliphatic rings. The molecule has 1 aromatic carbocycles. The van der Waals surface area contributed by atoms with Crippen LogP contribution in [-0.2, 0) is 0 Å². The van der Waals surface area contributed by atoms with E-state index in [1.807, 2.05) is 0 Å². The van der Waals surface area contributed by atoms with Crippen LogP contribution in [-0.4, -0.2) is 30.6 Å². The molecule has 0 bridgehead atoms. The zero-order chi connectivity index (χ0) is 13.1. The number of nitrogen functional groups attached to an aromatic ring is 1. The highest BCUT2D eigenvalue weighted by molar-refractivity contribution is 6.42. The van der Waals surface area contributed by atoms with Gasteiger partial charge in [-0.2, -0.15) is 0 Å². The molecule has 3 N–H and O–H groups in total. The molecule has 1 aromatic rings. The van der Waals surface area contributed by atoms with E-state index in [9.17, 15) is 0 Å². The molecule has 3 nitrogen and oxygen atoms in total. The van der Waals surface area contributed by atoms with Gasteiger partial charge in [-0.05, 0) is 45.0 Å². The molecule has 1 fully saturated rings. The van der Waals surface area contributed by atoms with Crippen molar-refractivity contribution in [1.29, 1.82) is 0 Å². The fourth-order valence-corrected chi connectivity index (χ4v) is 2.69. The number of nitrogens with two attached hydrogens (primary N) is 1. The predicted octanol–water partition coefficient (Wildman–Crippen LogP) is 3.47. The molecule has 1 heterocycles. The van der Waals surface area contributed by atoms with E-state index in [1.54, 1.807) is 12.1 Å². The molecule has 5 heteroatoms. The first-order valence-electron chi connectivity index (χ1n) is 6.29. The Balaban J connectivity index is 1.97. The van der Waals surface area contributed by atoms with Gasteiger partial charge in [-0.1, -0.05) is 23.2 Å². The summed E-state index contributed by atoms with van der Waals surface area (Å²) in [5.41, 5.74) is 7.42. The topological polar surface area (TPSA) is 41.3 Å². The molecule has 0 aromatic heterocycles. The Hall–Kier alpha value is -0.640. The number of rotatable bonds is 4. The van der Waals surface area contributed by atoms with Gasteiger partial charge in [-0.3, -0.25) is 0 Å². The average molecular weight is 288 g/mol. The van der Waals surface area contributed by atoms with Crippen LogP contribution in [0.5, 0.6) is 0 Å². The maximum atomic E-state index is 6.00. The molecule has 18 heavy (non-hydrogen) atoms. The predicted molar refractivity (Wildman–Crippen MR) is 79.6 cm³/mol. The molecular formula is C13H19Cl2N3. The van der Waals surface area contributed by atoms with Crippen molar-refractivity contribution >= 4 is 34.6 Å². The lowest BCUT2D eigenvalue weighted by molar-refractivity contribution is 0.328. The molecule has 1 saturated heterocycles. The first-order valence-corrected chi connectivity index (χ1v) is 7.05. The van der Waals surface area contributed by atoms with Crippen LogP contribution in [0.15, 0.2) is 12.1 Å². The van der Waals surface area contributed by atoms with Gasteiger partial charge in [0.1, 0.15) is 0 Å². The number of nitrogens with zero attached hydrogens (tertiary/aromatic N) is 1. The van der Waals surface area contributed by atoms with E-state index in [0.29, 0.717) is 21.8 Å². The maximum absolute atomic E-state index is 6.00. The number of benzene rings is 1. The lowest BCUT2D eigenvalue weighted by Crippen LogP contribution is -2.33. The van der Waals surface area contributed by atoms with Gasteiger partial charge in [0.05, 0.1) is 21.4 Å². The summed E-state index contributed by atoms with van der Waals surface area (Å²) in [7, 11) is 0. The summed E-state index contributed by atoms with van der Waals surface area (Å²) in [5.74, 6) is 0. The Kier molecular flexibility index (Phi) is 4.60. The van der Waals surface area contributed by atoms with Crippen molar-refractivity contribution in [2.24, 2.45) is 0 Å². The third-order valence-corrected chi connectivity index (χ3v) is 3.95. The molecular weight excluding hydrogens is 269 g/mol. The van der Waals surface area contributed by atoms with Gasteiger partial charge in [-0.25, -0.2) is 0 Å². The second kappa shape index (κ2) is 6.00. The molecule has 1 aliphatic heterocycles. The van der Waals surface area contributed by atoms with Crippen molar-refractivity contribution in [2.45, 2.75) is 25.8 Å². The molecule has 0 amide bonds.